The normalized spacial score (nSPS) is 10.6. The van der Waals surface area contributed by atoms with Crippen molar-refractivity contribution in [2.45, 2.75) is 20.3 Å². The molecule has 2 aromatic heterocycles. The molecule has 3 nitrogen and oxygen atoms in total. The topological polar surface area (TPSA) is 30.7 Å². The number of hydrogen-bond donors (Lipinski definition) is 0. The summed E-state index contributed by atoms with van der Waals surface area (Å²) in [4.78, 5) is 8.63. The molecule has 0 aliphatic rings. The summed E-state index contributed by atoms with van der Waals surface area (Å²) in [6, 6.07) is 0. The lowest BCUT2D eigenvalue weighted by Gasteiger charge is -1.97. The third-order valence-electron chi connectivity index (χ3n) is 1.93. The Labute approximate surface area is 81.1 Å². The molecule has 2 rings (SSSR count). The van der Waals surface area contributed by atoms with Crippen LogP contribution in [0.1, 0.15) is 18.4 Å². The molecular formula is C9H11N3S. The molecule has 0 radical (unpaired) electrons. The first-order chi connectivity index (χ1) is 6.31. The van der Waals surface area contributed by atoms with E-state index in [9.17, 15) is 0 Å². The zero-order valence-corrected chi connectivity index (χ0v) is 8.51. The van der Waals surface area contributed by atoms with Gasteiger partial charge in [0.15, 0.2) is 5.13 Å². The molecule has 4 heteroatoms. The van der Waals surface area contributed by atoms with Crippen molar-refractivity contribution >= 4 is 11.3 Å². The van der Waals surface area contributed by atoms with E-state index in [1.807, 2.05) is 17.7 Å². The lowest BCUT2D eigenvalue weighted by atomic mass is 10.4. The van der Waals surface area contributed by atoms with Gasteiger partial charge < -0.3 is 0 Å². The predicted molar refractivity (Wildman–Crippen MR) is 53.4 cm³/mol. The maximum atomic E-state index is 4.47. The molecule has 0 saturated carbocycles. The molecule has 13 heavy (non-hydrogen) atoms. The van der Waals surface area contributed by atoms with E-state index in [-0.39, 0.29) is 0 Å². The quantitative estimate of drug-likeness (QED) is 0.732. The van der Waals surface area contributed by atoms with E-state index in [1.165, 1.54) is 0 Å². The molecule has 0 N–H and O–H groups in total. The Morgan fingerprint density at radius 3 is 2.92 bits per heavy atom. The summed E-state index contributed by atoms with van der Waals surface area (Å²) in [5, 5.41) is 3.10. The molecule has 0 fully saturated rings. The van der Waals surface area contributed by atoms with Crippen LogP contribution in [-0.2, 0) is 6.42 Å². The first-order valence-corrected chi connectivity index (χ1v) is 5.14. The van der Waals surface area contributed by atoms with Crippen LogP contribution in [-0.4, -0.2) is 14.5 Å². The van der Waals surface area contributed by atoms with Gasteiger partial charge in [-0.2, -0.15) is 0 Å². The molecular weight excluding hydrogens is 182 g/mol. The summed E-state index contributed by atoms with van der Waals surface area (Å²) >= 11 is 1.66. The highest BCUT2D eigenvalue weighted by molar-refractivity contribution is 7.12. The van der Waals surface area contributed by atoms with Gasteiger partial charge in [-0.1, -0.05) is 6.92 Å². The first kappa shape index (κ1) is 8.44. The van der Waals surface area contributed by atoms with Crippen molar-refractivity contribution in [2.75, 3.05) is 0 Å². The Balaban J connectivity index is 2.41. The van der Waals surface area contributed by atoms with Crippen molar-refractivity contribution < 1.29 is 0 Å². The van der Waals surface area contributed by atoms with E-state index < -0.39 is 0 Å². The number of aromatic nitrogens is 3. The molecule has 0 amide bonds. The number of nitrogens with zero attached hydrogens (tertiary/aromatic N) is 3. The molecule has 0 aromatic carbocycles. The Morgan fingerprint density at radius 1 is 1.54 bits per heavy atom. The van der Waals surface area contributed by atoms with Gasteiger partial charge in [-0.3, -0.25) is 4.57 Å². The largest absolute Gasteiger partial charge is 0.279 e. The van der Waals surface area contributed by atoms with Crippen molar-refractivity contribution in [1.29, 1.82) is 0 Å². The second-order valence-corrected chi connectivity index (χ2v) is 3.66. The molecule has 68 valence electrons. The van der Waals surface area contributed by atoms with Gasteiger partial charge in [0.1, 0.15) is 5.82 Å². The Kier molecular flexibility index (Phi) is 2.14. The average Bonchev–Trinajstić information content (AvgIpc) is 2.71. The molecule has 0 unspecified atom stereocenters. The minimum Gasteiger partial charge on any atom is -0.279 e. The Morgan fingerprint density at radius 2 is 2.38 bits per heavy atom. The van der Waals surface area contributed by atoms with Crippen LogP contribution in [0, 0.1) is 6.92 Å². The molecule has 2 aromatic rings. The summed E-state index contributed by atoms with van der Waals surface area (Å²) in [5.41, 5.74) is 1.15. The maximum Gasteiger partial charge on any atom is 0.195 e. The van der Waals surface area contributed by atoms with Gasteiger partial charge in [-0.25, -0.2) is 9.97 Å². The Hall–Kier alpha value is -1.16. The van der Waals surface area contributed by atoms with Crippen molar-refractivity contribution in [3.63, 3.8) is 0 Å². The number of aryl methyl sites for hydroxylation is 2. The van der Waals surface area contributed by atoms with Crippen LogP contribution < -0.4 is 0 Å². The smallest absolute Gasteiger partial charge is 0.195 e. The number of rotatable bonds is 2. The summed E-state index contributed by atoms with van der Waals surface area (Å²) in [6.45, 7) is 4.09. The molecule has 0 aliphatic heterocycles. The molecule has 0 saturated heterocycles. The summed E-state index contributed by atoms with van der Waals surface area (Å²) in [5.74, 6) is 0.983. The minimum absolute atomic E-state index is 0.983. The van der Waals surface area contributed by atoms with Crippen LogP contribution in [0.25, 0.3) is 5.13 Å². The van der Waals surface area contributed by atoms with Crippen LogP contribution in [0.4, 0.5) is 0 Å². The van der Waals surface area contributed by atoms with E-state index in [0.29, 0.717) is 0 Å². The lowest BCUT2D eigenvalue weighted by Crippen LogP contribution is -1.94. The van der Waals surface area contributed by atoms with Crippen LogP contribution in [0.3, 0.4) is 0 Å². The zero-order valence-electron chi connectivity index (χ0n) is 7.69. The maximum absolute atomic E-state index is 4.47. The molecule has 2 heterocycles. The van der Waals surface area contributed by atoms with Crippen molar-refractivity contribution in [3.05, 3.63) is 29.3 Å². The fourth-order valence-corrected chi connectivity index (χ4v) is 2.09. The highest BCUT2D eigenvalue weighted by atomic mass is 32.1. The third-order valence-corrected chi connectivity index (χ3v) is 2.82. The molecule has 0 bridgehead atoms. The van der Waals surface area contributed by atoms with Crippen LogP contribution >= 0.6 is 11.3 Å². The lowest BCUT2D eigenvalue weighted by molar-refractivity contribution is 0.938. The van der Waals surface area contributed by atoms with E-state index in [4.69, 9.17) is 0 Å². The SMILES string of the molecule is CCc1csc(-n2ccnc2C)n1. The zero-order chi connectivity index (χ0) is 9.26. The van der Waals surface area contributed by atoms with Gasteiger partial charge in [0.05, 0.1) is 5.69 Å². The highest BCUT2D eigenvalue weighted by Crippen LogP contribution is 2.16. The monoisotopic (exact) mass is 193 g/mol. The van der Waals surface area contributed by atoms with Crippen molar-refractivity contribution in [1.82, 2.24) is 14.5 Å². The third kappa shape index (κ3) is 1.49. The van der Waals surface area contributed by atoms with Gasteiger partial charge in [0.25, 0.3) is 0 Å². The summed E-state index contributed by atoms with van der Waals surface area (Å²) in [7, 11) is 0. The molecule has 0 aliphatic carbocycles. The first-order valence-electron chi connectivity index (χ1n) is 4.26. The highest BCUT2D eigenvalue weighted by Gasteiger charge is 2.04. The van der Waals surface area contributed by atoms with E-state index in [0.717, 1.165) is 23.1 Å². The van der Waals surface area contributed by atoms with E-state index in [1.54, 1.807) is 17.5 Å². The molecule has 0 spiro atoms. The van der Waals surface area contributed by atoms with Crippen molar-refractivity contribution in [3.8, 4) is 5.13 Å². The molecule has 0 atom stereocenters. The van der Waals surface area contributed by atoms with Gasteiger partial charge in [-0.05, 0) is 13.3 Å². The summed E-state index contributed by atoms with van der Waals surface area (Å²) < 4.78 is 2.00. The fourth-order valence-electron chi connectivity index (χ4n) is 1.15. The number of thiazole rings is 1. The number of hydrogen-bond acceptors (Lipinski definition) is 3. The van der Waals surface area contributed by atoms with Crippen LogP contribution in [0.15, 0.2) is 17.8 Å². The van der Waals surface area contributed by atoms with Gasteiger partial charge in [-0.15, -0.1) is 11.3 Å². The fraction of sp³-hybridized carbons (Fsp3) is 0.333. The van der Waals surface area contributed by atoms with E-state index in [2.05, 4.69) is 22.3 Å². The Bertz CT molecular complexity index is 402. The second kappa shape index (κ2) is 3.30. The minimum atomic E-state index is 0.983. The summed E-state index contributed by atoms with van der Waals surface area (Å²) in [6.07, 6.45) is 4.72. The predicted octanol–water partition coefficient (Wildman–Crippen LogP) is 2.20. The van der Waals surface area contributed by atoms with E-state index >= 15 is 0 Å². The van der Waals surface area contributed by atoms with Crippen LogP contribution in [0.2, 0.25) is 0 Å². The van der Waals surface area contributed by atoms with Crippen LogP contribution in [0.5, 0.6) is 0 Å². The standard InChI is InChI=1S/C9H11N3S/c1-3-8-6-13-9(11-8)12-5-4-10-7(12)2/h4-6H,3H2,1-2H3. The van der Waals surface area contributed by atoms with Gasteiger partial charge >= 0.3 is 0 Å². The van der Waals surface area contributed by atoms with Crippen molar-refractivity contribution in [2.24, 2.45) is 0 Å². The average molecular weight is 193 g/mol. The number of imidazole rings is 1. The van der Waals surface area contributed by atoms with Gasteiger partial charge in [0.2, 0.25) is 0 Å². The van der Waals surface area contributed by atoms with Gasteiger partial charge in [0, 0.05) is 17.8 Å². The second-order valence-electron chi connectivity index (χ2n) is 2.82.